The van der Waals surface area contributed by atoms with Crippen molar-refractivity contribution in [2.24, 2.45) is 0 Å². The molecule has 134 valence electrons. The number of nitrogens with zero attached hydrogens (tertiary/aromatic N) is 1. The van der Waals surface area contributed by atoms with E-state index >= 15 is 0 Å². The molecule has 0 aromatic heterocycles. The molecule has 0 atom stereocenters. The molecule has 1 aliphatic rings. The average Bonchev–Trinajstić information content (AvgIpc) is 2.59. The molecule has 1 aromatic carbocycles. The van der Waals surface area contributed by atoms with E-state index in [2.05, 4.69) is 15.5 Å². The number of morpholine rings is 1. The van der Waals surface area contributed by atoms with E-state index < -0.39 is 5.54 Å². The highest BCUT2D eigenvalue weighted by atomic mass is 16.5. The van der Waals surface area contributed by atoms with Crippen LogP contribution in [-0.2, 0) is 9.53 Å². The molecule has 0 bridgehead atoms. The Morgan fingerprint density at radius 1 is 1.25 bits per heavy atom. The third-order valence-corrected chi connectivity index (χ3v) is 4.15. The number of ether oxygens (including phenoxy) is 2. The van der Waals surface area contributed by atoms with Gasteiger partial charge in [-0.25, -0.2) is 0 Å². The number of rotatable bonds is 8. The fraction of sp³-hybridized carbons (Fsp3) is 0.611. The highest BCUT2D eigenvalue weighted by Gasteiger charge is 2.26. The van der Waals surface area contributed by atoms with Gasteiger partial charge in [-0.3, -0.25) is 9.69 Å². The summed E-state index contributed by atoms with van der Waals surface area (Å²) in [5, 5.41) is 6.29. The predicted octanol–water partition coefficient (Wildman–Crippen LogP) is 1.72. The number of amides is 1. The summed E-state index contributed by atoms with van der Waals surface area (Å²) in [5.41, 5.74) is 0.220. The number of benzene rings is 1. The van der Waals surface area contributed by atoms with E-state index in [1.54, 1.807) is 7.11 Å². The van der Waals surface area contributed by atoms with Gasteiger partial charge >= 0.3 is 0 Å². The lowest BCUT2D eigenvalue weighted by atomic mass is 10.0. The molecule has 24 heavy (non-hydrogen) atoms. The van der Waals surface area contributed by atoms with E-state index in [-0.39, 0.29) is 5.91 Å². The molecule has 2 N–H and O–H groups in total. The number of carbonyl (C=O) groups is 1. The van der Waals surface area contributed by atoms with Crippen LogP contribution >= 0.6 is 0 Å². The molecule has 1 heterocycles. The number of nitrogens with one attached hydrogen (secondary N) is 2. The van der Waals surface area contributed by atoms with Crippen molar-refractivity contribution in [2.75, 3.05) is 51.8 Å². The molecule has 6 heteroatoms. The lowest BCUT2D eigenvalue weighted by Crippen LogP contribution is -2.48. The summed E-state index contributed by atoms with van der Waals surface area (Å²) in [6, 6.07) is 7.57. The molecule has 0 saturated carbocycles. The summed E-state index contributed by atoms with van der Waals surface area (Å²) in [4.78, 5) is 14.8. The minimum absolute atomic E-state index is 0.000274. The molecule has 0 radical (unpaired) electrons. The second-order valence-corrected chi connectivity index (χ2v) is 6.54. The Morgan fingerprint density at radius 3 is 2.54 bits per heavy atom. The SMILES string of the molecule is COc1ccc(NC(C)(C)C(=O)NCCCN2CCOCC2)cc1. The highest BCUT2D eigenvalue weighted by Crippen LogP contribution is 2.19. The highest BCUT2D eigenvalue weighted by molar-refractivity contribution is 5.88. The average molecular weight is 335 g/mol. The van der Waals surface area contributed by atoms with Gasteiger partial charge in [0.2, 0.25) is 5.91 Å². The quantitative estimate of drug-likeness (QED) is 0.709. The standard InChI is InChI=1S/C18H29N3O3/c1-18(2,20-15-5-7-16(23-3)8-6-15)17(22)19-9-4-10-21-11-13-24-14-12-21/h5-8,20H,4,9-14H2,1-3H3,(H,19,22). The van der Waals surface area contributed by atoms with Crippen LogP contribution in [0.15, 0.2) is 24.3 Å². The Bertz CT molecular complexity index is 511. The van der Waals surface area contributed by atoms with E-state index in [1.165, 1.54) is 0 Å². The predicted molar refractivity (Wildman–Crippen MR) is 95.6 cm³/mol. The second-order valence-electron chi connectivity index (χ2n) is 6.54. The van der Waals surface area contributed by atoms with Crippen molar-refractivity contribution in [1.82, 2.24) is 10.2 Å². The summed E-state index contributed by atoms with van der Waals surface area (Å²) in [5.74, 6) is 0.797. The molecular formula is C18H29N3O3. The van der Waals surface area contributed by atoms with E-state index in [4.69, 9.17) is 9.47 Å². The minimum atomic E-state index is -0.673. The molecule has 0 aliphatic carbocycles. The lowest BCUT2D eigenvalue weighted by Gasteiger charge is -2.28. The van der Waals surface area contributed by atoms with Crippen molar-refractivity contribution in [1.29, 1.82) is 0 Å². The zero-order valence-corrected chi connectivity index (χ0v) is 14.9. The molecule has 2 rings (SSSR count). The first kappa shape index (κ1) is 18.5. The third-order valence-electron chi connectivity index (χ3n) is 4.15. The van der Waals surface area contributed by atoms with Gasteiger partial charge in [0.15, 0.2) is 0 Å². The van der Waals surface area contributed by atoms with Gasteiger partial charge in [-0.2, -0.15) is 0 Å². The molecular weight excluding hydrogens is 306 g/mol. The Kier molecular flexibility index (Phi) is 6.87. The first-order chi connectivity index (χ1) is 11.5. The lowest BCUT2D eigenvalue weighted by molar-refractivity contribution is -0.124. The van der Waals surface area contributed by atoms with Crippen LogP contribution in [0.2, 0.25) is 0 Å². The van der Waals surface area contributed by atoms with Crippen molar-refractivity contribution in [3.63, 3.8) is 0 Å². The summed E-state index contributed by atoms with van der Waals surface area (Å²) in [6.07, 6.45) is 0.949. The van der Waals surface area contributed by atoms with E-state index in [0.717, 1.165) is 50.7 Å². The number of carbonyl (C=O) groups excluding carboxylic acids is 1. The second kappa shape index (κ2) is 8.89. The van der Waals surface area contributed by atoms with Crippen LogP contribution in [-0.4, -0.2) is 62.8 Å². The number of anilines is 1. The van der Waals surface area contributed by atoms with Crippen molar-refractivity contribution in [2.45, 2.75) is 25.8 Å². The summed E-state index contributed by atoms with van der Waals surface area (Å²) in [6.45, 7) is 9.04. The molecule has 1 amide bonds. The smallest absolute Gasteiger partial charge is 0.245 e. The van der Waals surface area contributed by atoms with Crippen LogP contribution in [0.3, 0.4) is 0 Å². The van der Waals surface area contributed by atoms with Crippen LogP contribution in [0.1, 0.15) is 20.3 Å². The zero-order chi connectivity index (χ0) is 17.4. The summed E-state index contributed by atoms with van der Waals surface area (Å²) in [7, 11) is 1.64. The van der Waals surface area contributed by atoms with Crippen LogP contribution in [0, 0.1) is 0 Å². The first-order valence-electron chi connectivity index (χ1n) is 8.52. The molecule has 0 unspecified atom stereocenters. The Labute approximate surface area is 144 Å². The van der Waals surface area contributed by atoms with Crippen LogP contribution in [0.5, 0.6) is 5.75 Å². The third kappa shape index (κ3) is 5.69. The van der Waals surface area contributed by atoms with E-state index in [9.17, 15) is 4.79 Å². The molecule has 1 aromatic rings. The van der Waals surface area contributed by atoms with Crippen LogP contribution in [0.25, 0.3) is 0 Å². The van der Waals surface area contributed by atoms with Gasteiger partial charge < -0.3 is 20.1 Å². The maximum Gasteiger partial charge on any atom is 0.245 e. The topological polar surface area (TPSA) is 62.8 Å². The molecule has 1 fully saturated rings. The van der Waals surface area contributed by atoms with Crippen molar-refractivity contribution < 1.29 is 14.3 Å². The molecule has 6 nitrogen and oxygen atoms in total. The van der Waals surface area contributed by atoms with Gasteiger partial charge in [-0.1, -0.05) is 0 Å². The minimum Gasteiger partial charge on any atom is -0.497 e. The molecule has 0 spiro atoms. The van der Waals surface area contributed by atoms with Gasteiger partial charge in [0.05, 0.1) is 20.3 Å². The molecule has 1 saturated heterocycles. The van der Waals surface area contributed by atoms with Gasteiger partial charge in [0.25, 0.3) is 0 Å². The fourth-order valence-corrected chi connectivity index (χ4v) is 2.64. The number of hydrogen-bond acceptors (Lipinski definition) is 5. The van der Waals surface area contributed by atoms with Gasteiger partial charge in [0, 0.05) is 25.3 Å². The Hall–Kier alpha value is -1.79. The number of methoxy groups -OCH3 is 1. The van der Waals surface area contributed by atoms with Crippen LogP contribution < -0.4 is 15.4 Å². The first-order valence-corrected chi connectivity index (χ1v) is 8.52. The summed E-state index contributed by atoms with van der Waals surface area (Å²) >= 11 is 0. The normalized spacial score (nSPS) is 15.8. The van der Waals surface area contributed by atoms with Gasteiger partial charge in [0.1, 0.15) is 11.3 Å². The van der Waals surface area contributed by atoms with E-state index in [1.807, 2.05) is 38.1 Å². The fourth-order valence-electron chi connectivity index (χ4n) is 2.64. The van der Waals surface area contributed by atoms with Gasteiger partial charge in [-0.05, 0) is 51.1 Å². The van der Waals surface area contributed by atoms with Crippen molar-refractivity contribution in [3.05, 3.63) is 24.3 Å². The maximum atomic E-state index is 12.4. The molecule has 1 aliphatic heterocycles. The van der Waals surface area contributed by atoms with Gasteiger partial charge in [-0.15, -0.1) is 0 Å². The zero-order valence-electron chi connectivity index (χ0n) is 14.9. The number of hydrogen-bond donors (Lipinski definition) is 2. The van der Waals surface area contributed by atoms with Crippen molar-refractivity contribution >= 4 is 11.6 Å². The van der Waals surface area contributed by atoms with E-state index in [0.29, 0.717) is 6.54 Å². The Morgan fingerprint density at radius 2 is 1.92 bits per heavy atom. The summed E-state index contributed by atoms with van der Waals surface area (Å²) < 4.78 is 10.5. The monoisotopic (exact) mass is 335 g/mol. The maximum absolute atomic E-state index is 12.4. The van der Waals surface area contributed by atoms with Crippen LogP contribution in [0.4, 0.5) is 5.69 Å². The Balaban J connectivity index is 1.72. The van der Waals surface area contributed by atoms with Crippen molar-refractivity contribution in [3.8, 4) is 5.75 Å². The largest absolute Gasteiger partial charge is 0.497 e.